The molecule has 13 heteroatoms. The maximum absolute atomic E-state index is 12.9. The lowest BCUT2D eigenvalue weighted by Crippen LogP contribution is -2.60. The molecule has 2 rings (SSSR count). The molecule has 1 aromatic rings. The Bertz CT molecular complexity index is 2770. The SMILES string of the molecule is CC#CC#CC#CC#CC#CC#CC#CC#CC#CC#CC#CC#CC(=O)N[C@@H](CO[C@H]1OC(COS(=O)(=O)c2ccc(C)cc2)[C@H](O)[C@H](O)C1O)[C@H](O)[C@H](O)CCCCCCCCCCCCCC. The molecule has 1 fully saturated rings. The van der Waals surface area contributed by atoms with Crippen molar-refractivity contribution in [2.75, 3.05) is 13.2 Å². The van der Waals surface area contributed by atoms with E-state index >= 15 is 0 Å². The third kappa shape index (κ3) is 26.5. The first kappa shape index (κ1) is 59.2. The fourth-order valence-corrected chi connectivity index (χ4v) is 7.08. The number of ether oxygens (including phenoxy) is 2. The molecule has 1 aromatic carbocycles. The molecule has 0 aliphatic carbocycles. The summed E-state index contributed by atoms with van der Waals surface area (Å²) in [5.74, 6) is 58.3. The average Bonchev–Trinajstić information content (AvgIpc) is 3.35. The highest BCUT2D eigenvalue weighted by atomic mass is 32.2. The van der Waals surface area contributed by atoms with Gasteiger partial charge in [0.05, 0.1) is 30.3 Å². The molecule has 1 amide bonds. The van der Waals surface area contributed by atoms with Crippen molar-refractivity contribution in [1.82, 2.24) is 5.32 Å². The number of aliphatic hydroxyl groups excluding tert-OH is 5. The zero-order chi connectivity index (χ0) is 51.1. The van der Waals surface area contributed by atoms with Gasteiger partial charge in [-0.2, -0.15) is 8.42 Å². The second kappa shape index (κ2) is 37.0. The summed E-state index contributed by atoms with van der Waals surface area (Å²) in [5.41, 5.74) is 0.817. The number of nitrogens with one attached hydrogen (secondary N) is 1. The van der Waals surface area contributed by atoms with Gasteiger partial charge < -0.3 is 40.3 Å². The Labute approximate surface area is 415 Å². The summed E-state index contributed by atoms with van der Waals surface area (Å²) in [4.78, 5) is 12.8. The number of aliphatic hydroxyl groups is 5. The number of amides is 1. The minimum absolute atomic E-state index is 0.148. The molecule has 0 aromatic heterocycles. The van der Waals surface area contributed by atoms with Crippen LogP contribution in [0.3, 0.4) is 0 Å². The maximum Gasteiger partial charge on any atom is 0.297 e. The van der Waals surface area contributed by atoms with E-state index in [-0.39, 0.29) is 11.3 Å². The normalized spacial score (nSPS) is 17.1. The van der Waals surface area contributed by atoms with Gasteiger partial charge in [0, 0.05) is 41.4 Å². The number of benzene rings is 1. The summed E-state index contributed by atoms with van der Waals surface area (Å²) in [6.45, 7) is 4.31. The van der Waals surface area contributed by atoms with Gasteiger partial charge in [-0.15, -0.1) is 0 Å². The van der Waals surface area contributed by atoms with Crippen molar-refractivity contribution in [3.05, 3.63) is 29.8 Å². The molecule has 1 aliphatic heterocycles. The Hall–Kier alpha value is -6.96. The van der Waals surface area contributed by atoms with Crippen LogP contribution in [0, 0.1) is 149 Å². The van der Waals surface area contributed by atoms with E-state index in [1.807, 2.05) is 0 Å². The van der Waals surface area contributed by atoms with Gasteiger partial charge in [0.2, 0.25) is 0 Å². The highest BCUT2D eigenvalue weighted by molar-refractivity contribution is 7.86. The molecular weight excluding hydrogens is 907 g/mol. The molecule has 362 valence electrons. The predicted molar refractivity (Wildman–Crippen MR) is 266 cm³/mol. The van der Waals surface area contributed by atoms with E-state index in [1.165, 1.54) is 57.1 Å². The average molecular weight is 964 g/mol. The Kier molecular flexibility index (Phi) is 31.3. The Balaban J connectivity index is 2.05. The summed E-state index contributed by atoms with van der Waals surface area (Å²) in [7, 11) is -4.30. The van der Waals surface area contributed by atoms with Crippen LogP contribution >= 0.6 is 0 Å². The van der Waals surface area contributed by atoms with Crippen LogP contribution in [-0.4, -0.2) is 102 Å². The van der Waals surface area contributed by atoms with Crippen molar-refractivity contribution >= 4 is 16.0 Å². The number of carbonyl (C=O) groups is 1. The number of hydrogen-bond acceptors (Lipinski definition) is 11. The molecule has 8 atom stereocenters. The number of hydrogen-bond donors (Lipinski definition) is 6. The van der Waals surface area contributed by atoms with Gasteiger partial charge in [-0.3, -0.25) is 8.98 Å². The van der Waals surface area contributed by atoms with Crippen molar-refractivity contribution in [1.29, 1.82) is 0 Å². The maximum atomic E-state index is 12.9. The second-order valence-corrected chi connectivity index (χ2v) is 17.0. The third-order valence-electron chi connectivity index (χ3n) is 9.90. The second-order valence-electron chi connectivity index (χ2n) is 15.3. The molecule has 0 spiro atoms. The Morgan fingerprint density at radius 1 is 0.629 bits per heavy atom. The van der Waals surface area contributed by atoms with Crippen LogP contribution < -0.4 is 5.32 Å². The molecule has 1 saturated heterocycles. The van der Waals surface area contributed by atoms with Crippen molar-refractivity contribution in [3.8, 4) is 142 Å². The summed E-state index contributed by atoms with van der Waals surface area (Å²) in [6.07, 6.45) is 1.99. The van der Waals surface area contributed by atoms with Gasteiger partial charge in [0.25, 0.3) is 16.0 Å². The monoisotopic (exact) mass is 963 g/mol. The Morgan fingerprint density at radius 3 is 1.51 bits per heavy atom. The van der Waals surface area contributed by atoms with E-state index < -0.39 is 78.2 Å². The van der Waals surface area contributed by atoms with Crippen LogP contribution in [0.15, 0.2) is 29.2 Å². The zero-order valence-electron chi connectivity index (χ0n) is 39.6. The fourth-order valence-electron chi connectivity index (χ4n) is 6.16. The lowest BCUT2D eigenvalue weighted by Gasteiger charge is -2.40. The smallest absolute Gasteiger partial charge is 0.297 e. The minimum atomic E-state index is -4.30. The Morgan fingerprint density at radius 2 is 1.06 bits per heavy atom. The van der Waals surface area contributed by atoms with Gasteiger partial charge in [0.15, 0.2) is 6.29 Å². The topological polar surface area (TPSA) is 192 Å². The van der Waals surface area contributed by atoms with Crippen molar-refractivity contribution in [2.45, 2.75) is 158 Å². The molecule has 12 nitrogen and oxygen atoms in total. The standard InChI is InChI=1S/C57H57NO11S/c1-4-6-8-10-12-14-16-18-19-20-21-22-23-24-25-26-27-28-30-32-34-36-38-40-52(60)58-49(53(61)50(59)39-37-35-33-31-29-17-15-13-11-9-7-5-2)45-67-57-56(64)55(63)54(62)51(69-57)46-68-70(65,66)48-43-41-47(3)42-44-48/h41-44,49-51,53-57,59,61-64H,5,7,9,11,13,15,17,29,31,33,35,37,39,45-46H2,1-3H3,(H,58,60)/t49-,50+,51?,53-,54-,55-,56?,57-/m0/s1. The quantitative estimate of drug-likeness (QED) is 0.0538. The van der Waals surface area contributed by atoms with Gasteiger partial charge in [-0.1, -0.05) is 108 Å². The first-order valence-corrected chi connectivity index (χ1v) is 24.2. The predicted octanol–water partition coefficient (Wildman–Crippen LogP) is 2.88. The minimum Gasteiger partial charge on any atom is -0.390 e. The lowest BCUT2D eigenvalue weighted by atomic mass is 9.98. The zero-order valence-corrected chi connectivity index (χ0v) is 40.4. The number of rotatable bonds is 23. The largest absolute Gasteiger partial charge is 0.390 e. The molecule has 0 radical (unpaired) electrons. The fraction of sp³-hybridized carbons (Fsp3) is 0.456. The first-order valence-electron chi connectivity index (χ1n) is 22.8. The van der Waals surface area contributed by atoms with E-state index in [4.69, 9.17) is 13.7 Å². The van der Waals surface area contributed by atoms with Crippen molar-refractivity contribution in [2.24, 2.45) is 0 Å². The van der Waals surface area contributed by atoms with Crippen LogP contribution in [0.25, 0.3) is 0 Å². The number of aryl methyl sites for hydroxylation is 1. The van der Waals surface area contributed by atoms with Gasteiger partial charge in [0.1, 0.15) is 30.5 Å². The molecule has 6 N–H and O–H groups in total. The van der Waals surface area contributed by atoms with Crippen LogP contribution in [0.1, 0.15) is 103 Å². The summed E-state index contributed by atoms with van der Waals surface area (Å²) >= 11 is 0. The summed E-state index contributed by atoms with van der Waals surface area (Å²) < 4.78 is 42.0. The summed E-state index contributed by atoms with van der Waals surface area (Å²) in [5, 5.41) is 56.6. The molecule has 2 unspecified atom stereocenters. The van der Waals surface area contributed by atoms with Gasteiger partial charge >= 0.3 is 0 Å². The number of carbonyl (C=O) groups excluding carboxylic acids is 1. The molecular formula is C57H57NO11S. The lowest BCUT2D eigenvalue weighted by molar-refractivity contribution is -0.302. The highest BCUT2D eigenvalue weighted by Gasteiger charge is 2.45. The van der Waals surface area contributed by atoms with Gasteiger partial charge in [-0.25, -0.2) is 0 Å². The summed E-state index contributed by atoms with van der Waals surface area (Å²) in [6, 6.07) is 4.51. The van der Waals surface area contributed by atoms with Crippen molar-refractivity contribution in [3.63, 3.8) is 0 Å². The van der Waals surface area contributed by atoms with E-state index in [0.717, 1.165) is 31.2 Å². The molecule has 1 aliphatic rings. The van der Waals surface area contributed by atoms with Crippen LogP contribution in [-0.2, 0) is 28.6 Å². The van der Waals surface area contributed by atoms with E-state index in [1.54, 1.807) is 26.0 Å². The van der Waals surface area contributed by atoms with Crippen LogP contribution in [0.2, 0.25) is 0 Å². The van der Waals surface area contributed by atoms with E-state index in [9.17, 15) is 38.7 Å². The van der Waals surface area contributed by atoms with Crippen LogP contribution in [0.5, 0.6) is 0 Å². The van der Waals surface area contributed by atoms with Crippen LogP contribution in [0.4, 0.5) is 0 Å². The highest BCUT2D eigenvalue weighted by Crippen LogP contribution is 2.25. The van der Waals surface area contributed by atoms with Gasteiger partial charge in [-0.05, 0) is 127 Å². The third-order valence-corrected chi connectivity index (χ3v) is 11.2. The first-order chi connectivity index (χ1) is 33.9. The van der Waals surface area contributed by atoms with Crippen molar-refractivity contribution < 1.29 is 52.4 Å². The number of unbranched alkanes of at least 4 members (excludes halogenated alkanes) is 11. The van der Waals surface area contributed by atoms with E-state index in [2.05, 4.69) is 154 Å². The molecule has 0 saturated carbocycles. The van der Waals surface area contributed by atoms with E-state index in [0.29, 0.717) is 6.42 Å². The molecule has 0 bridgehead atoms. The molecule has 1 heterocycles. The molecule has 70 heavy (non-hydrogen) atoms.